The van der Waals surface area contributed by atoms with E-state index in [1.54, 1.807) is 0 Å². The fourth-order valence-electron chi connectivity index (χ4n) is 2.13. The van der Waals surface area contributed by atoms with Gasteiger partial charge in [-0.15, -0.1) is 0 Å². The summed E-state index contributed by atoms with van der Waals surface area (Å²) in [5.74, 6) is 0. The number of hydrogen-bond donors (Lipinski definition) is 1. The van der Waals surface area contributed by atoms with Crippen molar-refractivity contribution >= 4 is 27.5 Å². The van der Waals surface area contributed by atoms with Crippen LogP contribution in [0.3, 0.4) is 0 Å². The van der Waals surface area contributed by atoms with E-state index in [9.17, 15) is 0 Å². The van der Waals surface area contributed by atoms with Crippen LogP contribution in [0.2, 0.25) is 5.02 Å². The van der Waals surface area contributed by atoms with Crippen molar-refractivity contribution in [3.8, 4) is 0 Å². The summed E-state index contributed by atoms with van der Waals surface area (Å²) in [5, 5.41) is 4.34. The average Bonchev–Trinajstić information content (AvgIpc) is 2.41. The molecule has 1 nitrogen and oxygen atoms in total. The molecule has 0 saturated heterocycles. The monoisotopic (exact) mass is 337 g/mol. The van der Waals surface area contributed by atoms with Crippen LogP contribution in [0.15, 0.2) is 46.9 Å². The number of halogens is 2. The van der Waals surface area contributed by atoms with E-state index in [0.29, 0.717) is 0 Å². The molecule has 2 rings (SSSR count). The van der Waals surface area contributed by atoms with E-state index in [1.165, 1.54) is 11.1 Å². The summed E-state index contributed by atoms with van der Waals surface area (Å²) in [6.45, 7) is 5.08. The Morgan fingerprint density at radius 3 is 2.32 bits per heavy atom. The van der Waals surface area contributed by atoms with Crippen LogP contribution in [0.1, 0.15) is 29.7 Å². The van der Waals surface area contributed by atoms with Gasteiger partial charge in [-0.1, -0.05) is 58.7 Å². The molecule has 19 heavy (non-hydrogen) atoms. The third-order valence-electron chi connectivity index (χ3n) is 3.13. The second-order valence-corrected chi connectivity index (χ2v) is 5.87. The zero-order valence-electron chi connectivity index (χ0n) is 11.1. The number of benzene rings is 2. The van der Waals surface area contributed by atoms with Gasteiger partial charge in [-0.05, 0) is 48.4 Å². The summed E-state index contributed by atoms with van der Waals surface area (Å²) < 4.78 is 1.10. The van der Waals surface area contributed by atoms with Gasteiger partial charge in [0.05, 0.1) is 6.04 Å². The Labute approximate surface area is 128 Å². The van der Waals surface area contributed by atoms with Gasteiger partial charge >= 0.3 is 0 Å². The van der Waals surface area contributed by atoms with Crippen LogP contribution in [0.4, 0.5) is 0 Å². The van der Waals surface area contributed by atoms with E-state index in [0.717, 1.165) is 21.6 Å². The van der Waals surface area contributed by atoms with Crippen molar-refractivity contribution < 1.29 is 0 Å². The van der Waals surface area contributed by atoms with E-state index < -0.39 is 0 Å². The minimum Gasteiger partial charge on any atom is -0.307 e. The number of rotatable bonds is 4. The molecule has 1 unspecified atom stereocenters. The van der Waals surface area contributed by atoms with Crippen molar-refractivity contribution in [3.05, 3.63) is 68.7 Å². The van der Waals surface area contributed by atoms with Crippen LogP contribution in [-0.2, 0) is 0 Å². The van der Waals surface area contributed by atoms with Gasteiger partial charge in [0.15, 0.2) is 0 Å². The maximum atomic E-state index is 6.10. The molecule has 2 aromatic rings. The Morgan fingerprint density at radius 2 is 1.74 bits per heavy atom. The molecule has 0 aliphatic heterocycles. The molecule has 0 aliphatic rings. The Morgan fingerprint density at radius 1 is 1.11 bits per heavy atom. The van der Waals surface area contributed by atoms with Crippen molar-refractivity contribution in [2.45, 2.75) is 19.9 Å². The van der Waals surface area contributed by atoms with Crippen molar-refractivity contribution in [1.82, 2.24) is 5.32 Å². The maximum absolute atomic E-state index is 6.10. The number of nitrogens with one attached hydrogen (secondary N) is 1. The van der Waals surface area contributed by atoms with Crippen LogP contribution in [-0.4, -0.2) is 6.54 Å². The second kappa shape index (κ2) is 6.56. The molecule has 100 valence electrons. The Hall–Kier alpha value is -0.830. The highest BCUT2D eigenvalue weighted by molar-refractivity contribution is 9.10. The molecule has 1 N–H and O–H groups in total. The predicted octanol–water partition coefficient (Wildman–Crippen LogP) is 5.11. The molecule has 0 bridgehead atoms. The molecule has 3 heteroatoms. The lowest BCUT2D eigenvalue weighted by molar-refractivity contribution is 0.630. The van der Waals surface area contributed by atoms with Gasteiger partial charge in [0, 0.05) is 9.50 Å². The minimum absolute atomic E-state index is 0.203. The van der Waals surface area contributed by atoms with E-state index >= 15 is 0 Å². The normalized spacial score (nSPS) is 12.4. The first kappa shape index (κ1) is 14.6. The first-order valence-electron chi connectivity index (χ1n) is 6.36. The zero-order valence-corrected chi connectivity index (χ0v) is 13.4. The highest BCUT2D eigenvalue weighted by atomic mass is 79.9. The smallest absolute Gasteiger partial charge is 0.0576 e. The lowest BCUT2D eigenvalue weighted by atomic mass is 9.97. The lowest BCUT2D eigenvalue weighted by Crippen LogP contribution is -2.22. The number of hydrogen-bond acceptors (Lipinski definition) is 1. The maximum Gasteiger partial charge on any atom is 0.0576 e. The molecule has 0 spiro atoms. The van der Waals surface area contributed by atoms with Crippen LogP contribution < -0.4 is 5.32 Å². The summed E-state index contributed by atoms with van der Waals surface area (Å²) in [6, 6.07) is 14.8. The van der Waals surface area contributed by atoms with Crippen molar-refractivity contribution in [1.29, 1.82) is 0 Å². The third kappa shape index (κ3) is 3.59. The van der Waals surface area contributed by atoms with Crippen LogP contribution in [0.25, 0.3) is 0 Å². The molecular weight excluding hydrogens is 322 g/mol. The Bertz CT molecular complexity index is 551. The fraction of sp³-hybridized carbons (Fsp3) is 0.250. The van der Waals surface area contributed by atoms with Crippen molar-refractivity contribution in [3.63, 3.8) is 0 Å². The standard InChI is InChI=1S/C16H17BrClN/c1-3-19-16(12-4-7-14(17)8-5-12)13-6-9-15(18)11(2)10-13/h4-10,16,19H,3H2,1-2H3. The Kier molecular flexibility index (Phi) is 5.03. The van der Waals surface area contributed by atoms with E-state index in [-0.39, 0.29) is 6.04 Å². The third-order valence-corrected chi connectivity index (χ3v) is 4.08. The topological polar surface area (TPSA) is 12.0 Å². The van der Waals surface area contributed by atoms with Gasteiger partial charge in [0.2, 0.25) is 0 Å². The summed E-state index contributed by atoms with van der Waals surface area (Å²) in [6.07, 6.45) is 0. The van der Waals surface area contributed by atoms with E-state index in [2.05, 4.69) is 64.6 Å². The van der Waals surface area contributed by atoms with Crippen LogP contribution in [0.5, 0.6) is 0 Å². The van der Waals surface area contributed by atoms with Gasteiger partial charge in [-0.25, -0.2) is 0 Å². The summed E-state index contributed by atoms with van der Waals surface area (Å²) in [5.41, 5.74) is 3.61. The number of aryl methyl sites for hydroxylation is 1. The molecule has 0 amide bonds. The highest BCUT2D eigenvalue weighted by Gasteiger charge is 2.13. The predicted molar refractivity (Wildman–Crippen MR) is 85.9 cm³/mol. The lowest BCUT2D eigenvalue weighted by Gasteiger charge is -2.20. The molecule has 0 radical (unpaired) electrons. The molecule has 1 atom stereocenters. The average molecular weight is 339 g/mol. The SMILES string of the molecule is CCNC(c1ccc(Br)cc1)c1ccc(Cl)c(C)c1. The van der Waals surface area contributed by atoms with Gasteiger partial charge in [0.25, 0.3) is 0 Å². The summed E-state index contributed by atoms with van der Waals surface area (Å²) >= 11 is 9.58. The first-order valence-corrected chi connectivity index (χ1v) is 7.54. The minimum atomic E-state index is 0.203. The Balaban J connectivity index is 2.38. The summed E-state index contributed by atoms with van der Waals surface area (Å²) in [4.78, 5) is 0. The molecule has 0 aliphatic carbocycles. The van der Waals surface area contributed by atoms with E-state index in [1.807, 2.05) is 13.0 Å². The highest BCUT2D eigenvalue weighted by Crippen LogP contribution is 2.26. The van der Waals surface area contributed by atoms with Crippen LogP contribution in [0, 0.1) is 6.92 Å². The summed E-state index contributed by atoms with van der Waals surface area (Å²) in [7, 11) is 0. The second-order valence-electron chi connectivity index (χ2n) is 4.55. The molecule has 0 fully saturated rings. The van der Waals surface area contributed by atoms with Gasteiger partial charge < -0.3 is 5.32 Å². The van der Waals surface area contributed by atoms with Crippen molar-refractivity contribution in [2.24, 2.45) is 0 Å². The van der Waals surface area contributed by atoms with Gasteiger partial charge in [-0.3, -0.25) is 0 Å². The molecule has 0 aromatic heterocycles. The van der Waals surface area contributed by atoms with Crippen molar-refractivity contribution in [2.75, 3.05) is 6.54 Å². The molecular formula is C16H17BrClN. The molecule has 2 aromatic carbocycles. The first-order chi connectivity index (χ1) is 9.11. The van der Waals surface area contributed by atoms with Gasteiger partial charge in [-0.2, -0.15) is 0 Å². The van der Waals surface area contributed by atoms with Gasteiger partial charge in [0.1, 0.15) is 0 Å². The fourth-order valence-corrected chi connectivity index (χ4v) is 2.52. The van der Waals surface area contributed by atoms with E-state index in [4.69, 9.17) is 11.6 Å². The quantitative estimate of drug-likeness (QED) is 0.817. The molecule has 0 saturated carbocycles. The largest absolute Gasteiger partial charge is 0.307 e. The zero-order chi connectivity index (χ0) is 13.8. The molecule has 0 heterocycles. The van der Waals surface area contributed by atoms with Crippen LogP contribution >= 0.6 is 27.5 Å².